The highest BCUT2D eigenvalue weighted by Gasteiger charge is 2.36. The van der Waals surface area contributed by atoms with E-state index >= 15 is 0 Å². The van der Waals surface area contributed by atoms with Gasteiger partial charge in [-0.3, -0.25) is 0 Å². The summed E-state index contributed by atoms with van der Waals surface area (Å²) in [4.78, 5) is 0. The standard InChI is InChI=1S/C28H50O/c1-14-15-26(8,9)21-16-20(27(10,11)18-24(2,3)4)17-22(23(21)29)28(12,13)19-25(5,6)7/h16-17,29H,14-15,18-19H2,1-13H3. The minimum atomic E-state index is -0.0901. The predicted molar refractivity (Wildman–Crippen MR) is 130 cm³/mol. The van der Waals surface area contributed by atoms with E-state index in [1.807, 2.05) is 0 Å². The Kier molecular flexibility index (Phi) is 7.43. The van der Waals surface area contributed by atoms with Crippen molar-refractivity contribution in [2.24, 2.45) is 10.8 Å². The van der Waals surface area contributed by atoms with E-state index in [2.05, 4.69) is 102 Å². The summed E-state index contributed by atoms with van der Waals surface area (Å²) in [5, 5.41) is 11.5. The molecule has 168 valence electrons. The molecule has 0 bridgehead atoms. The Labute approximate surface area is 182 Å². The third kappa shape index (κ3) is 7.04. The molecule has 0 aromatic heterocycles. The van der Waals surface area contributed by atoms with Gasteiger partial charge in [-0.1, -0.05) is 109 Å². The first-order valence-electron chi connectivity index (χ1n) is 11.6. The molecule has 1 rings (SSSR count). The molecular weight excluding hydrogens is 352 g/mol. The number of rotatable bonds is 7. The first-order valence-corrected chi connectivity index (χ1v) is 11.6. The van der Waals surface area contributed by atoms with Gasteiger partial charge in [0.05, 0.1) is 0 Å². The van der Waals surface area contributed by atoms with Crippen LogP contribution in [0.5, 0.6) is 5.75 Å². The zero-order valence-corrected chi connectivity index (χ0v) is 21.9. The summed E-state index contributed by atoms with van der Waals surface area (Å²) in [6, 6.07) is 4.63. The molecule has 0 aliphatic heterocycles. The zero-order chi connectivity index (χ0) is 23.1. The molecule has 1 aromatic rings. The molecule has 0 saturated heterocycles. The van der Waals surface area contributed by atoms with Crippen molar-refractivity contribution >= 4 is 0 Å². The first kappa shape index (κ1) is 26.1. The van der Waals surface area contributed by atoms with E-state index in [0.717, 1.165) is 36.8 Å². The van der Waals surface area contributed by atoms with Crippen molar-refractivity contribution in [1.29, 1.82) is 0 Å². The van der Waals surface area contributed by atoms with Crippen LogP contribution in [-0.4, -0.2) is 5.11 Å². The second-order valence-electron chi connectivity index (χ2n) is 13.8. The van der Waals surface area contributed by atoms with Gasteiger partial charge in [0.25, 0.3) is 0 Å². The maximum atomic E-state index is 11.5. The van der Waals surface area contributed by atoms with Crippen molar-refractivity contribution < 1.29 is 5.11 Å². The largest absolute Gasteiger partial charge is 0.507 e. The summed E-state index contributed by atoms with van der Waals surface area (Å²) < 4.78 is 0. The highest BCUT2D eigenvalue weighted by atomic mass is 16.3. The van der Waals surface area contributed by atoms with E-state index in [1.165, 1.54) is 5.56 Å². The topological polar surface area (TPSA) is 20.2 Å². The molecule has 1 N–H and O–H groups in total. The molecule has 0 heterocycles. The Bertz CT molecular complexity index is 690. The lowest BCUT2D eigenvalue weighted by molar-refractivity contribution is 0.272. The molecule has 29 heavy (non-hydrogen) atoms. The minimum absolute atomic E-state index is 0.0424. The molecule has 0 atom stereocenters. The van der Waals surface area contributed by atoms with Crippen LogP contribution in [0.15, 0.2) is 12.1 Å². The average molecular weight is 403 g/mol. The lowest BCUT2D eigenvalue weighted by Crippen LogP contribution is -2.29. The van der Waals surface area contributed by atoms with Gasteiger partial charge in [0.1, 0.15) is 5.75 Å². The third-order valence-corrected chi connectivity index (χ3v) is 6.17. The molecule has 0 spiro atoms. The monoisotopic (exact) mass is 402 g/mol. The van der Waals surface area contributed by atoms with Crippen LogP contribution < -0.4 is 0 Å². The van der Waals surface area contributed by atoms with Crippen LogP contribution in [0.3, 0.4) is 0 Å². The van der Waals surface area contributed by atoms with E-state index < -0.39 is 0 Å². The fourth-order valence-corrected chi connectivity index (χ4v) is 5.67. The van der Waals surface area contributed by atoms with Gasteiger partial charge in [-0.25, -0.2) is 0 Å². The van der Waals surface area contributed by atoms with Gasteiger partial charge in [-0.05, 0) is 51.9 Å². The second kappa shape index (κ2) is 8.27. The van der Waals surface area contributed by atoms with Crippen LogP contribution >= 0.6 is 0 Å². The molecule has 0 saturated carbocycles. The van der Waals surface area contributed by atoms with Crippen molar-refractivity contribution in [3.05, 3.63) is 28.8 Å². The predicted octanol–water partition coefficient (Wildman–Crippen LogP) is 8.90. The van der Waals surface area contributed by atoms with Gasteiger partial charge in [-0.15, -0.1) is 0 Å². The first-order chi connectivity index (χ1) is 12.7. The van der Waals surface area contributed by atoms with Crippen LogP contribution in [0.1, 0.15) is 132 Å². The zero-order valence-electron chi connectivity index (χ0n) is 21.9. The quantitative estimate of drug-likeness (QED) is 0.482. The van der Waals surface area contributed by atoms with E-state index in [0.29, 0.717) is 5.75 Å². The number of phenols is 1. The number of aromatic hydroxyl groups is 1. The Morgan fingerprint density at radius 3 is 1.38 bits per heavy atom. The van der Waals surface area contributed by atoms with Crippen molar-refractivity contribution in [2.75, 3.05) is 0 Å². The molecule has 0 aliphatic rings. The molecular formula is C28H50O. The van der Waals surface area contributed by atoms with Crippen molar-refractivity contribution in [1.82, 2.24) is 0 Å². The summed E-state index contributed by atoms with van der Waals surface area (Å²) >= 11 is 0. The summed E-state index contributed by atoms with van der Waals surface area (Å²) in [6.07, 6.45) is 4.33. The molecule has 0 aliphatic carbocycles. The van der Waals surface area contributed by atoms with Crippen molar-refractivity contribution in [3.8, 4) is 5.75 Å². The third-order valence-electron chi connectivity index (χ3n) is 6.17. The molecule has 1 nitrogen and oxygen atoms in total. The van der Waals surface area contributed by atoms with E-state index in [4.69, 9.17) is 0 Å². The lowest BCUT2D eigenvalue weighted by Gasteiger charge is -2.39. The van der Waals surface area contributed by atoms with Crippen LogP contribution in [0, 0.1) is 10.8 Å². The molecule has 0 radical (unpaired) electrons. The van der Waals surface area contributed by atoms with Crippen molar-refractivity contribution in [2.45, 2.75) is 132 Å². The van der Waals surface area contributed by atoms with Crippen LogP contribution in [0.2, 0.25) is 0 Å². The molecule has 1 heteroatoms. The second-order valence-corrected chi connectivity index (χ2v) is 13.8. The van der Waals surface area contributed by atoms with Crippen LogP contribution in [0.4, 0.5) is 0 Å². The number of phenolic OH excluding ortho intramolecular Hbond substituents is 1. The van der Waals surface area contributed by atoms with E-state index in [-0.39, 0.29) is 27.1 Å². The smallest absolute Gasteiger partial charge is 0.123 e. The fraction of sp³-hybridized carbons (Fsp3) is 0.786. The van der Waals surface area contributed by atoms with E-state index in [9.17, 15) is 5.11 Å². The summed E-state index contributed by atoms with van der Waals surface area (Å²) in [5.41, 5.74) is 3.97. The van der Waals surface area contributed by atoms with Gasteiger partial charge < -0.3 is 5.11 Å². The van der Waals surface area contributed by atoms with Gasteiger partial charge in [0.15, 0.2) is 0 Å². The number of hydrogen-bond donors (Lipinski definition) is 1. The highest BCUT2D eigenvalue weighted by molar-refractivity contribution is 5.52. The fourth-order valence-electron chi connectivity index (χ4n) is 5.67. The summed E-state index contributed by atoms with van der Waals surface area (Å²) in [5.74, 6) is 0.521. The molecule has 0 unspecified atom stereocenters. The maximum absolute atomic E-state index is 11.5. The SMILES string of the molecule is CCCC(C)(C)c1cc(C(C)(C)CC(C)(C)C)cc(C(C)(C)CC(C)(C)C)c1O. The maximum Gasteiger partial charge on any atom is 0.123 e. The van der Waals surface area contributed by atoms with Gasteiger partial charge >= 0.3 is 0 Å². The Morgan fingerprint density at radius 1 is 0.621 bits per heavy atom. The normalized spacial score (nSPS) is 14.4. The van der Waals surface area contributed by atoms with Gasteiger partial charge in [0.2, 0.25) is 0 Å². The minimum Gasteiger partial charge on any atom is -0.507 e. The summed E-state index contributed by atoms with van der Waals surface area (Å²) in [6.45, 7) is 30.0. The molecule has 0 amide bonds. The average Bonchev–Trinajstić information content (AvgIpc) is 2.41. The summed E-state index contributed by atoms with van der Waals surface area (Å²) in [7, 11) is 0. The Balaban J connectivity index is 3.77. The highest BCUT2D eigenvalue weighted by Crippen LogP contribution is 2.48. The van der Waals surface area contributed by atoms with Gasteiger partial charge in [0, 0.05) is 11.1 Å². The van der Waals surface area contributed by atoms with Crippen LogP contribution in [0.25, 0.3) is 0 Å². The van der Waals surface area contributed by atoms with Crippen molar-refractivity contribution in [3.63, 3.8) is 0 Å². The molecule has 0 fully saturated rings. The number of hydrogen-bond acceptors (Lipinski definition) is 1. The number of benzene rings is 1. The molecule has 1 aromatic carbocycles. The van der Waals surface area contributed by atoms with Crippen LogP contribution in [-0.2, 0) is 16.2 Å². The lowest BCUT2D eigenvalue weighted by atomic mass is 9.66. The van der Waals surface area contributed by atoms with Gasteiger partial charge in [-0.2, -0.15) is 0 Å². The van der Waals surface area contributed by atoms with E-state index in [1.54, 1.807) is 0 Å². The Morgan fingerprint density at radius 2 is 1.00 bits per heavy atom. The Hall–Kier alpha value is -0.980.